The quantitative estimate of drug-likeness (QED) is 0.900. The molecule has 0 saturated heterocycles. The minimum atomic E-state index is -0.235. The Morgan fingerprint density at radius 1 is 1.37 bits per heavy atom. The van der Waals surface area contributed by atoms with Gasteiger partial charge in [0, 0.05) is 0 Å². The van der Waals surface area contributed by atoms with E-state index in [1.807, 2.05) is 6.92 Å². The molecule has 19 heavy (non-hydrogen) atoms. The second-order valence-corrected chi connectivity index (χ2v) is 5.04. The molecule has 0 atom stereocenters. The summed E-state index contributed by atoms with van der Waals surface area (Å²) < 4.78 is 14.9. The molecule has 1 heterocycles. The zero-order valence-corrected chi connectivity index (χ0v) is 11.5. The Hall–Kier alpha value is -1.75. The molecule has 0 saturated carbocycles. The van der Waals surface area contributed by atoms with Crippen LogP contribution < -0.4 is 5.32 Å². The third kappa shape index (κ3) is 3.38. The zero-order chi connectivity index (χ0) is 13.8. The minimum absolute atomic E-state index is 0.235. The fourth-order valence-electron chi connectivity index (χ4n) is 1.92. The Bertz CT molecular complexity index is 548. The van der Waals surface area contributed by atoms with Gasteiger partial charge in [0.05, 0.1) is 12.2 Å². The van der Waals surface area contributed by atoms with Crippen molar-refractivity contribution in [1.29, 1.82) is 0 Å². The van der Waals surface area contributed by atoms with Crippen molar-refractivity contribution in [2.45, 2.75) is 27.3 Å². The number of hydrogen-bond acceptors (Lipinski definition) is 3. The molecule has 5 heteroatoms. The first-order chi connectivity index (χ1) is 9.08. The maximum absolute atomic E-state index is 13.1. The number of halogens is 1. The van der Waals surface area contributed by atoms with Crippen LogP contribution in [0.15, 0.2) is 24.5 Å². The van der Waals surface area contributed by atoms with Crippen molar-refractivity contribution in [2.24, 2.45) is 5.92 Å². The first-order valence-electron chi connectivity index (χ1n) is 6.44. The van der Waals surface area contributed by atoms with Crippen LogP contribution >= 0.6 is 0 Å². The summed E-state index contributed by atoms with van der Waals surface area (Å²) in [6.45, 7) is 7.75. The molecule has 4 nitrogen and oxygen atoms in total. The van der Waals surface area contributed by atoms with E-state index < -0.39 is 0 Å². The number of benzene rings is 1. The van der Waals surface area contributed by atoms with Crippen LogP contribution in [0.25, 0.3) is 5.69 Å². The molecule has 0 spiro atoms. The van der Waals surface area contributed by atoms with Crippen molar-refractivity contribution in [3.05, 3.63) is 41.7 Å². The van der Waals surface area contributed by atoms with E-state index in [9.17, 15) is 4.39 Å². The second-order valence-electron chi connectivity index (χ2n) is 5.04. The van der Waals surface area contributed by atoms with Crippen molar-refractivity contribution in [3.8, 4) is 5.69 Å². The fourth-order valence-corrected chi connectivity index (χ4v) is 1.92. The lowest BCUT2D eigenvalue weighted by Gasteiger charge is -2.10. The number of aromatic nitrogens is 3. The second kappa shape index (κ2) is 5.93. The van der Waals surface area contributed by atoms with Gasteiger partial charge in [0.2, 0.25) is 0 Å². The van der Waals surface area contributed by atoms with Gasteiger partial charge in [0.15, 0.2) is 0 Å². The highest BCUT2D eigenvalue weighted by Crippen LogP contribution is 2.15. The predicted octanol–water partition coefficient (Wildman–Crippen LogP) is 2.46. The van der Waals surface area contributed by atoms with Crippen LogP contribution in [0.2, 0.25) is 0 Å². The van der Waals surface area contributed by atoms with Crippen LogP contribution in [-0.4, -0.2) is 21.3 Å². The smallest absolute Gasteiger partial charge is 0.146 e. The summed E-state index contributed by atoms with van der Waals surface area (Å²) >= 11 is 0. The lowest BCUT2D eigenvalue weighted by Crippen LogP contribution is -2.21. The van der Waals surface area contributed by atoms with E-state index in [-0.39, 0.29) is 5.82 Å². The molecule has 1 aromatic heterocycles. The monoisotopic (exact) mass is 262 g/mol. The van der Waals surface area contributed by atoms with E-state index >= 15 is 0 Å². The van der Waals surface area contributed by atoms with Gasteiger partial charge in [-0.1, -0.05) is 13.8 Å². The zero-order valence-electron chi connectivity index (χ0n) is 11.5. The van der Waals surface area contributed by atoms with Crippen LogP contribution in [0, 0.1) is 18.7 Å². The van der Waals surface area contributed by atoms with Crippen LogP contribution in [-0.2, 0) is 6.54 Å². The van der Waals surface area contributed by atoms with Gasteiger partial charge < -0.3 is 5.32 Å². The SMILES string of the molecule is Cc1cc(F)ccc1-n1ncnc1CNCC(C)C. The Labute approximate surface area is 112 Å². The van der Waals surface area contributed by atoms with E-state index in [0.29, 0.717) is 12.5 Å². The number of rotatable bonds is 5. The number of nitrogens with one attached hydrogen (secondary N) is 1. The van der Waals surface area contributed by atoms with Gasteiger partial charge in [-0.3, -0.25) is 0 Å². The van der Waals surface area contributed by atoms with Crippen LogP contribution in [0.3, 0.4) is 0 Å². The topological polar surface area (TPSA) is 42.7 Å². The van der Waals surface area contributed by atoms with Crippen molar-refractivity contribution >= 4 is 0 Å². The fraction of sp³-hybridized carbons (Fsp3) is 0.429. The number of hydrogen-bond donors (Lipinski definition) is 1. The Morgan fingerprint density at radius 3 is 2.84 bits per heavy atom. The van der Waals surface area contributed by atoms with Gasteiger partial charge in [-0.15, -0.1) is 0 Å². The first-order valence-corrected chi connectivity index (χ1v) is 6.44. The number of aryl methyl sites for hydroxylation is 1. The summed E-state index contributed by atoms with van der Waals surface area (Å²) in [4.78, 5) is 4.25. The third-order valence-corrected chi connectivity index (χ3v) is 2.84. The average Bonchev–Trinajstić information content (AvgIpc) is 2.77. The van der Waals surface area contributed by atoms with Gasteiger partial charge in [-0.25, -0.2) is 14.1 Å². The molecule has 2 rings (SSSR count). The Kier molecular flexibility index (Phi) is 4.27. The summed E-state index contributed by atoms with van der Waals surface area (Å²) in [6, 6.07) is 4.67. The maximum Gasteiger partial charge on any atom is 0.146 e. The molecular weight excluding hydrogens is 243 g/mol. The summed E-state index contributed by atoms with van der Waals surface area (Å²) in [5.74, 6) is 1.18. The molecule has 2 aromatic rings. The van der Waals surface area contributed by atoms with Crippen molar-refractivity contribution in [2.75, 3.05) is 6.54 Å². The van der Waals surface area contributed by atoms with Gasteiger partial charge in [-0.2, -0.15) is 5.10 Å². The molecular formula is C14H19FN4. The molecule has 0 bridgehead atoms. The standard InChI is InChI=1S/C14H19FN4/c1-10(2)7-16-8-14-17-9-18-19(14)13-5-4-12(15)6-11(13)3/h4-6,9-10,16H,7-8H2,1-3H3. The van der Waals surface area contributed by atoms with Gasteiger partial charge in [0.25, 0.3) is 0 Å². The molecule has 0 aliphatic carbocycles. The van der Waals surface area contributed by atoms with Crippen LogP contribution in [0.5, 0.6) is 0 Å². The summed E-state index contributed by atoms with van der Waals surface area (Å²) in [7, 11) is 0. The normalized spacial score (nSPS) is 11.2. The highest BCUT2D eigenvalue weighted by atomic mass is 19.1. The highest BCUT2D eigenvalue weighted by Gasteiger charge is 2.09. The molecule has 0 aliphatic rings. The van der Waals surface area contributed by atoms with Gasteiger partial charge in [-0.05, 0) is 43.1 Å². The summed E-state index contributed by atoms with van der Waals surface area (Å²) in [5, 5.41) is 7.55. The predicted molar refractivity (Wildman–Crippen MR) is 72.6 cm³/mol. The molecule has 0 amide bonds. The average molecular weight is 262 g/mol. The van der Waals surface area contributed by atoms with E-state index in [4.69, 9.17) is 0 Å². The highest BCUT2D eigenvalue weighted by molar-refractivity contribution is 5.40. The number of nitrogens with zero attached hydrogens (tertiary/aromatic N) is 3. The molecule has 0 unspecified atom stereocenters. The molecule has 1 aromatic carbocycles. The van der Waals surface area contributed by atoms with E-state index in [1.54, 1.807) is 10.7 Å². The Morgan fingerprint density at radius 2 is 2.16 bits per heavy atom. The van der Waals surface area contributed by atoms with Gasteiger partial charge >= 0.3 is 0 Å². The third-order valence-electron chi connectivity index (χ3n) is 2.84. The molecule has 0 radical (unpaired) electrons. The van der Waals surface area contributed by atoms with Gasteiger partial charge in [0.1, 0.15) is 18.0 Å². The summed E-state index contributed by atoms with van der Waals surface area (Å²) in [6.07, 6.45) is 1.52. The molecule has 0 aliphatic heterocycles. The summed E-state index contributed by atoms with van der Waals surface area (Å²) in [5.41, 5.74) is 1.70. The molecule has 1 N–H and O–H groups in total. The Balaban J connectivity index is 2.19. The van der Waals surface area contributed by atoms with Crippen LogP contribution in [0.1, 0.15) is 25.2 Å². The first kappa shape index (κ1) is 13.7. The van der Waals surface area contributed by atoms with E-state index in [1.165, 1.54) is 18.5 Å². The molecule has 0 fully saturated rings. The molecule has 102 valence electrons. The van der Waals surface area contributed by atoms with E-state index in [2.05, 4.69) is 29.2 Å². The maximum atomic E-state index is 13.1. The lowest BCUT2D eigenvalue weighted by atomic mass is 10.2. The van der Waals surface area contributed by atoms with Crippen molar-refractivity contribution in [3.63, 3.8) is 0 Å². The lowest BCUT2D eigenvalue weighted by molar-refractivity contribution is 0.537. The van der Waals surface area contributed by atoms with Crippen LogP contribution in [0.4, 0.5) is 4.39 Å². The van der Waals surface area contributed by atoms with Crippen molar-refractivity contribution < 1.29 is 4.39 Å². The largest absolute Gasteiger partial charge is 0.310 e. The van der Waals surface area contributed by atoms with E-state index in [0.717, 1.165) is 23.6 Å². The van der Waals surface area contributed by atoms with Crippen molar-refractivity contribution in [1.82, 2.24) is 20.1 Å². The minimum Gasteiger partial charge on any atom is -0.310 e.